The molecule has 1 aromatic heterocycles. The van der Waals surface area contributed by atoms with Gasteiger partial charge in [0.15, 0.2) is 16.4 Å². The maximum atomic E-state index is 13.9. The van der Waals surface area contributed by atoms with Crippen molar-refractivity contribution in [2.24, 2.45) is 0 Å². The van der Waals surface area contributed by atoms with Crippen molar-refractivity contribution in [3.8, 4) is 0 Å². The molecule has 18 heavy (non-hydrogen) atoms. The summed E-state index contributed by atoms with van der Waals surface area (Å²) in [7, 11) is 0. The second-order valence-corrected chi connectivity index (χ2v) is 5.51. The molecule has 0 spiro atoms. The van der Waals surface area contributed by atoms with E-state index in [1.807, 2.05) is 10.8 Å². The number of halogens is 2. The van der Waals surface area contributed by atoms with Crippen LogP contribution in [0.5, 0.6) is 0 Å². The number of aromatic nitrogens is 2. The molecule has 2 heterocycles. The maximum absolute atomic E-state index is 13.9. The van der Waals surface area contributed by atoms with Crippen LogP contribution in [0.4, 0.5) is 8.78 Å². The van der Waals surface area contributed by atoms with Gasteiger partial charge >= 0.3 is 0 Å². The smallest absolute Gasteiger partial charge is 0.177 e. The first-order valence-corrected chi connectivity index (χ1v) is 6.27. The van der Waals surface area contributed by atoms with Crippen molar-refractivity contribution in [2.75, 3.05) is 0 Å². The number of fused-ring (bicyclic) bond motifs is 3. The third-order valence-electron chi connectivity index (χ3n) is 4.26. The van der Waals surface area contributed by atoms with Crippen molar-refractivity contribution in [1.82, 2.24) is 9.55 Å². The van der Waals surface area contributed by atoms with E-state index in [9.17, 15) is 8.78 Å². The molecule has 2 atom stereocenters. The monoisotopic (exact) mass is 264 g/mol. The van der Waals surface area contributed by atoms with E-state index in [4.69, 9.17) is 12.2 Å². The molecule has 92 valence electrons. The fourth-order valence-electron chi connectivity index (χ4n) is 3.28. The number of hydrogen-bond donors (Lipinski definition) is 1. The number of nitrogens with zero attached hydrogens (tertiary/aromatic N) is 1. The van der Waals surface area contributed by atoms with Gasteiger partial charge in [0.1, 0.15) is 0 Å². The number of imidazole rings is 1. The summed E-state index contributed by atoms with van der Waals surface area (Å²) in [5, 5.41) is 0. The van der Waals surface area contributed by atoms with E-state index in [0.29, 0.717) is 16.9 Å². The third-order valence-corrected chi connectivity index (χ3v) is 4.60. The lowest BCUT2D eigenvalue weighted by Crippen LogP contribution is -2.15. The number of benzene rings is 1. The molecule has 4 rings (SSSR count). The zero-order valence-corrected chi connectivity index (χ0v) is 10.2. The average molecular weight is 264 g/mol. The molecule has 0 saturated heterocycles. The molecule has 1 saturated carbocycles. The first-order valence-electron chi connectivity index (χ1n) is 5.86. The Morgan fingerprint density at radius 3 is 3.00 bits per heavy atom. The van der Waals surface area contributed by atoms with Crippen LogP contribution in [0.25, 0.3) is 0 Å². The summed E-state index contributed by atoms with van der Waals surface area (Å²) in [5.41, 5.74) is 1.33. The van der Waals surface area contributed by atoms with Crippen molar-refractivity contribution in [3.05, 3.63) is 52.1 Å². The number of nitrogens with one attached hydrogen (secondary N) is 1. The van der Waals surface area contributed by atoms with E-state index in [2.05, 4.69) is 4.98 Å². The van der Waals surface area contributed by atoms with Crippen molar-refractivity contribution in [3.63, 3.8) is 0 Å². The fraction of sp³-hybridized carbons (Fsp3) is 0.308. The fourth-order valence-corrected chi connectivity index (χ4v) is 3.51. The van der Waals surface area contributed by atoms with E-state index in [1.54, 1.807) is 12.1 Å². The predicted octanol–water partition coefficient (Wildman–Crippen LogP) is 3.26. The van der Waals surface area contributed by atoms with Crippen molar-refractivity contribution >= 4 is 12.2 Å². The minimum absolute atomic E-state index is 0.266. The molecule has 1 aromatic carbocycles. The van der Waals surface area contributed by atoms with Gasteiger partial charge in [0, 0.05) is 29.8 Å². The first kappa shape index (κ1) is 10.4. The van der Waals surface area contributed by atoms with Gasteiger partial charge < -0.3 is 9.55 Å². The summed E-state index contributed by atoms with van der Waals surface area (Å²) >= 11 is 5.18. The van der Waals surface area contributed by atoms with Gasteiger partial charge in [0.2, 0.25) is 0 Å². The standard InChI is InChI=1S/C13H10F2N2S/c14-9-3-1-2-7(11(9)15)13-4-8(13)10-5-16-12(18)17(10)6-13/h1-3,5,8H,4,6H2,(H,16,18)/t8-,13+/m0/s1. The van der Waals surface area contributed by atoms with E-state index < -0.39 is 11.6 Å². The molecule has 5 heteroatoms. The minimum Gasteiger partial charge on any atom is -0.337 e. The quantitative estimate of drug-likeness (QED) is 0.784. The Labute approximate surface area is 107 Å². The lowest BCUT2D eigenvalue weighted by molar-refractivity contribution is 0.472. The van der Waals surface area contributed by atoms with Crippen LogP contribution in [0.1, 0.15) is 23.6 Å². The molecule has 1 aliphatic heterocycles. The van der Waals surface area contributed by atoms with Gasteiger partial charge in [-0.25, -0.2) is 8.78 Å². The maximum Gasteiger partial charge on any atom is 0.177 e. The van der Waals surface area contributed by atoms with Gasteiger partial charge in [-0.15, -0.1) is 0 Å². The molecule has 0 unspecified atom stereocenters. The van der Waals surface area contributed by atoms with Crippen molar-refractivity contribution < 1.29 is 8.78 Å². The minimum atomic E-state index is -0.769. The van der Waals surface area contributed by atoms with Gasteiger partial charge in [-0.3, -0.25) is 0 Å². The molecule has 0 radical (unpaired) electrons. The summed E-state index contributed by atoms with van der Waals surface area (Å²) in [4.78, 5) is 3.00. The highest BCUT2D eigenvalue weighted by atomic mass is 32.1. The van der Waals surface area contributed by atoms with Gasteiger partial charge in [0.25, 0.3) is 0 Å². The number of H-pyrrole nitrogens is 1. The normalized spacial score (nSPS) is 28.0. The molecule has 0 amide bonds. The van der Waals surface area contributed by atoms with Crippen LogP contribution in [0, 0.1) is 16.4 Å². The Kier molecular flexibility index (Phi) is 1.79. The Bertz CT molecular complexity index is 718. The van der Waals surface area contributed by atoms with E-state index in [-0.39, 0.29) is 11.3 Å². The number of aromatic amines is 1. The summed E-state index contributed by atoms with van der Waals surface area (Å²) in [6.45, 7) is 0.649. The van der Waals surface area contributed by atoms with Crippen molar-refractivity contribution in [1.29, 1.82) is 0 Å². The lowest BCUT2D eigenvalue weighted by atomic mass is 9.93. The Morgan fingerprint density at radius 1 is 1.39 bits per heavy atom. The van der Waals surface area contributed by atoms with Gasteiger partial charge in [-0.2, -0.15) is 0 Å². The SMILES string of the molecule is Fc1cccc([C@]23C[C@H]2c2c[nH]c(=S)n2C3)c1F. The summed E-state index contributed by atoms with van der Waals surface area (Å²) in [5.74, 6) is -1.21. The van der Waals surface area contributed by atoms with Gasteiger partial charge in [-0.05, 0) is 30.3 Å². The third kappa shape index (κ3) is 1.08. The summed E-state index contributed by atoms with van der Waals surface area (Å²) in [6, 6.07) is 4.43. The largest absolute Gasteiger partial charge is 0.337 e. The summed E-state index contributed by atoms with van der Waals surface area (Å²) in [6.07, 6.45) is 2.76. The second-order valence-electron chi connectivity index (χ2n) is 5.12. The molecule has 0 bridgehead atoms. The lowest BCUT2D eigenvalue weighted by Gasteiger charge is -2.14. The number of rotatable bonds is 1. The van der Waals surface area contributed by atoms with Gasteiger partial charge in [0.05, 0.1) is 0 Å². The van der Waals surface area contributed by atoms with E-state index in [0.717, 1.165) is 18.2 Å². The molecular weight excluding hydrogens is 254 g/mol. The molecule has 1 N–H and O–H groups in total. The highest BCUT2D eigenvalue weighted by Crippen LogP contribution is 2.65. The molecule has 2 aromatic rings. The Morgan fingerprint density at radius 2 is 2.22 bits per heavy atom. The van der Waals surface area contributed by atoms with Crippen LogP contribution in [-0.2, 0) is 12.0 Å². The highest BCUT2D eigenvalue weighted by molar-refractivity contribution is 7.71. The Hall–Kier alpha value is -1.49. The van der Waals surface area contributed by atoms with Crippen molar-refractivity contribution in [2.45, 2.75) is 24.3 Å². The molecule has 1 fully saturated rings. The second kappa shape index (κ2) is 3.09. The molecule has 2 nitrogen and oxygen atoms in total. The highest BCUT2D eigenvalue weighted by Gasteiger charge is 2.62. The van der Waals surface area contributed by atoms with Crippen LogP contribution < -0.4 is 0 Å². The molecule has 2 aliphatic rings. The van der Waals surface area contributed by atoms with Crippen LogP contribution >= 0.6 is 12.2 Å². The average Bonchev–Trinajstić information content (AvgIpc) is 2.82. The van der Waals surface area contributed by atoms with E-state index >= 15 is 0 Å². The molecular formula is C13H10F2N2S. The zero-order valence-electron chi connectivity index (χ0n) is 9.41. The van der Waals surface area contributed by atoms with Gasteiger partial charge in [-0.1, -0.05) is 12.1 Å². The number of hydrogen-bond acceptors (Lipinski definition) is 1. The molecule has 1 aliphatic carbocycles. The Balaban J connectivity index is 1.86. The van der Waals surface area contributed by atoms with Crippen LogP contribution in [-0.4, -0.2) is 9.55 Å². The van der Waals surface area contributed by atoms with Crippen LogP contribution in [0.3, 0.4) is 0 Å². The topological polar surface area (TPSA) is 20.7 Å². The van der Waals surface area contributed by atoms with Crippen LogP contribution in [0.2, 0.25) is 0 Å². The summed E-state index contributed by atoms with van der Waals surface area (Å²) < 4.78 is 29.9. The van der Waals surface area contributed by atoms with Crippen LogP contribution in [0.15, 0.2) is 24.4 Å². The predicted molar refractivity (Wildman–Crippen MR) is 65.0 cm³/mol. The zero-order chi connectivity index (χ0) is 12.5. The first-order chi connectivity index (χ1) is 8.63. The van der Waals surface area contributed by atoms with E-state index in [1.165, 1.54) is 0 Å².